The number of aliphatic hydroxyl groups excluding tert-OH is 1. The van der Waals surface area contributed by atoms with E-state index in [0.29, 0.717) is 0 Å². The van der Waals surface area contributed by atoms with Gasteiger partial charge in [-0.25, -0.2) is 0 Å². The lowest BCUT2D eigenvalue weighted by Crippen LogP contribution is -2.36. The molecule has 4 aliphatic rings. The van der Waals surface area contributed by atoms with Crippen molar-refractivity contribution in [1.82, 2.24) is 4.90 Å². The van der Waals surface area contributed by atoms with Crippen LogP contribution in [-0.2, 0) is 9.59 Å². The Morgan fingerprint density at radius 3 is 2.12 bits per heavy atom. The van der Waals surface area contributed by atoms with Gasteiger partial charge in [0.15, 0.2) is 0 Å². The molecule has 0 unspecified atom stereocenters. The van der Waals surface area contributed by atoms with Gasteiger partial charge in [0, 0.05) is 0 Å². The molecule has 2 saturated carbocycles. The summed E-state index contributed by atoms with van der Waals surface area (Å²) in [5.74, 6) is 0.253. The number of β-amino-alcohol motifs (C(OH)–C–C–N with tert-alkyl or cyclic N) is 1. The Balaban J connectivity index is 1.74. The van der Waals surface area contributed by atoms with Crippen LogP contribution in [-0.4, -0.2) is 35.0 Å². The minimum Gasteiger partial charge on any atom is -0.395 e. The summed E-state index contributed by atoms with van der Waals surface area (Å²) in [7, 11) is 0. The number of carbonyl (C=O) groups is 2. The zero-order valence-corrected chi connectivity index (χ0v) is 9.50. The molecular weight excluding hydrogens is 218 g/mol. The third-order valence-corrected chi connectivity index (χ3v) is 5.27. The van der Waals surface area contributed by atoms with E-state index in [4.69, 9.17) is 5.11 Å². The molecule has 1 aliphatic heterocycles. The smallest absolute Gasteiger partial charge is 0.233 e. The first-order chi connectivity index (χ1) is 8.20. The zero-order valence-electron chi connectivity index (χ0n) is 9.50. The molecule has 1 heterocycles. The number of fused-ring (bicyclic) bond motifs is 3. The third-order valence-electron chi connectivity index (χ3n) is 5.27. The lowest BCUT2D eigenvalue weighted by molar-refractivity contribution is -0.141. The van der Waals surface area contributed by atoms with E-state index in [2.05, 4.69) is 12.2 Å². The molecule has 0 aromatic heterocycles. The van der Waals surface area contributed by atoms with E-state index < -0.39 is 0 Å². The van der Waals surface area contributed by atoms with Crippen molar-refractivity contribution in [2.24, 2.45) is 29.1 Å². The Morgan fingerprint density at radius 2 is 1.71 bits per heavy atom. The van der Waals surface area contributed by atoms with Crippen molar-refractivity contribution in [3.05, 3.63) is 12.2 Å². The van der Waals surface area contributed by atoms with E-state index in [1.165, 1.54) is 17.7 Å². The van der Waals surface area contributed by atoms with Crippen molar-refractivity contribution in [2.75, 3.05) is 13.2 Å². The Kier molecular flexibility index (Phi) is 1.62. The molecule has 90 valence electrons. The highest BCUT2D eigenvalue weighted by molar-refractivity contribution is 6.06. The van der Waals surface area contributed by atoms with E-state index in [1.807, 2.05) is 0 Å². The Labute approximate surface area is 99.3 Å². The molecule has 0 aromatic carbocycles. The molecule has 17 heavy (non-hydrogen) atoms. The number of imide groups is 1. The number of rotatable bonds is 2. The van der Waals surface area contributed by atoms with Crippen molar-refractivity contribution < 1.29 is 14.7 Å². The summed E-state index contributed by atoms with van der Waals surface area (Å²) in [6.07, 6.45) is 6.66. The molecule has 2 bridgehead atoms. The maximum Gasteiger partial charge on any atom is 0.233 e. The normalized spacial score (nSPS) is 43.9. The number of likely N-dealkylation sites (tertiary alicyclic amines) is 1. The van der Waals surface area contributed by atoms with Gasteiger partial charge < -0.3 is 5.11 Å². The lowest BCUT2D eigenvalue weighted by Gasteiger charge is -2.20. The summed E-state index contributed by atoms with van der Waals surface area (Å²) >= 11 is 0. The third kappa shape index (κ3) is 0.910. The van der Waals surface area contributed by atoms with Gasteiger partial charge in [0.2, 0.25) is 11.8 Å². The number of aliphatic hydroxyl groups is 1. The molecule has 2 amide bonds. The van der Waals surface area contributed by atoms with Crippen molar-refractivity contribution in [2.45, 2.75) is 12.8 Å². The predicted octanol–water partition coefficient (Wildman–Crippen LogP) is 0.176. The van der Waals surface area contributed by atoms with Crippen molar-refractivity contribution >= 4 is 11.8 Å². The number of hydrogen-bond donors (Lipinski definition) is 1. The van der Waals surface area contributed by atoms with Crippen LogP contribution in [0.1, 0.15) is 12.8 Å². The Bertz CT molecular complexity index is 418. The number of allylic oxidation sites excluding steroid dienone is 2. The first kappa shape index (κ1) is 9.83. The average molecular weight is 233 g/mol. The van der Waals surface area contributed by atoms with Crippen molar-refractivity contribution in [3.8, 4) is 0 Å². The van der Waals surface area contributed by atoms with Gasteiger partial charge in [-0.1, -0.05) is 12.2 Å². The van der Waals surface area contributed by atoms with Gasteiger partial charge in [0.05, 0.1) is 25.0 Å². The molecular formula is C13H15NO3. The fraction of sp³-hybridized carbons (Fsp3) is 0.692. The molecule has 3 fully saturated rings. The highest BCUT2D eigenvalue weighted by Crippen LogP contribution is 2.73. The maximum absolute atomic E-state index is 12.3. The topological polar surface area (TPSA) is 57.6 Å². The summed E-state index contributed by atoms with van der Waals surface area (Å²) in [5.41, 5.74) is 0.270. The van der Waals surface area contributed by atoms with Crippen LogP contribution in [0.15, 0.2) is 12.2 Å². The number of nitrogens with zero attached hydrogens (tertiary/aromatic N) is 1. The fourth-order valence-corrected chi connectivity index (χ4v) is 4.46. The first-order valence-electron chi connectivity index (χ1n) is 6.35. The molecule has 4 atom stereocenters. The van der Waals surface area contributed by atoms with Crippen LogP contribution in [0.2, 0.25) is 0 Å². The highest BCUT2D eigenvalue weighted by atomic mass is 16.3. The van der Waals surface area contributed by atoms with Crippen LogP contribution in [0.3, 0.4) is 0 Å². The maximum atomic E-state index is 12.3. The molecule has 4 heteroatoms. The predicted molar refractivity (Wildman–Crippen MR) is 58.6 cm³/mol. The quantitative estimate of drug-likeness (QED) is 0.546. The van der Waals surface area contributed by atoms with Crippen LogP contribution in [0.5, 0.6) is 0 Å². The second-order valence-electron chi connectivity index (χ2n) is 5.77. The van der Waals surface area contributed by atoms with E-state index in [9.17, 15) is 9.59 Å². The Morgan fingerprint density at radius 1 is 1.18 bits per heavy atom. The summed E-state index contributed by atoms with van der Waals surface area (Å²) in [6, 6.07) is 0. The average Bonchev–Trinajstić information content (AvgIpc) is 2.93. The van der Waals surface area contributed by atoms with Crippen LogP contribution < -0.4 is 0 Å². The number of carbonyl (C=O) groups excluding carboxylic acids is 2. The van der Waals surface area contributed by atoms with Crippen molar-refractivity contribution in [1.29, 1.82) is 0 Å². The molecule has 1 N–H and O–H groups in total. The highest BCUT2D eigenvalue weighted by Gasteiger charge is 2.73. The van der Waals surface area contributed by atoms with Gasteiger partial charge in [0.25, 0.3) is 0 Å². The largest absolute Gasteiger partial charge is 0.395 e. The molecule has 0 aromatic rings. The molecule has 0 radical (unpaired) electrons. The molecule has 1 spiro atoms. The van der Waals surface area contributed by atoms with E-state index in [-0.39, 0.29) is 54.1 Å². The molecule has 4 rings (SSSR count). The number of hydrogen-bond acceptors (Lipinski definition) is 3. The van der Waals surface area contributed by atoms with Gasteiger partial charge in [-0.2, -0.15) is 0 Å². The minimum atomic E-state index is -0.134. The fourth-order valence-electron chi connectivity index (χ4n) is 4.46. The standard InChI is InChI=1S/C13H15NO3/c15-6-5-14-11(16)9-7-1-2-8(10(9)12(14)17)13(7)3-4-13/h1-2,7-10,15H,3-6H2/t7-,8-,9-,10+/m0/s1. The SMILES string of the molecule is O=C1[C@@H]2[C@H](C(=O)N1CCO)[C@@H]1C=C[C@@H]2C12CC2. The van der Waals surface area contributed by atoms with E-state index >= 15 is 0 Å². The first-order valence-corrected chi connectivity index (χ1v) is 6.35. The summed E-state index contributed by atoms with van der Waals surface area (Å²) in [6.45, 7) is 0.0297. The van der Waals surface area contributed by atoms with Crippen LogP contribution >= 0.6 is 0 Å². The summed E-state index contributed by atoms with van der Waals surface area (Å²) < 4.78 is 0. The van der Waals surface area contributed by atoms with Crippen LogP contribution in [0, 0.1) is 29.1 Å². The van der Waals surface area contributed by atoms with Crippen LogP contribution in [0.25, 0.3) is 0 Å². The lowest BCUT2D eigenvalue weighted by atomic mass is 9.85. The second-order valence-corrected chi connectivity index (χ2v) is 5.77. The Hall–Kier alpha value is -1.16. The zero-order chi connectivity index (χ0) is 11.8. The second kappa shape index (κ2) is 2.80. The van der Waals surface area contributed by atoms with Crippen LogP contribution in [0.4, 0.5) is 0 Å². The van der Waals surface area contributed by atoms with Gasteiger partial charge in [-0.15, -0.1) is 0 Å². The van der Waals surface area contributed by atoms with Gasteiger partial charge in [-0.05, 0) is 30.1 Å². The van der Waals surface area contributed by atoms with Gasteiger partial charge >= 0.3 is 0 Å². The van der Waals surface area contributed by atoms with Gasteiger partial charge in [0.1, 0.15) is 0 Å². The number of amides is 2. The molecule has 3 aliphatic carbocycles. The van der Waals surface area contributed by atoms with E-state index in [0.717, 1.165) is 0 Å². The minimum absolute atomic E-state index is 0.0443. The molecule has 4 nitrogen and oxygen atoms in total. The summed E-state index contributed by atoms with van der Waals surface area (Å²) in [4.78, 5) is 25.8. The van der Waals surface area contributed by atoms with Gasteiger partial charge in [-0.3, -0.25) is 14.5 Å². The van der Waals surface area contributed by atoms with Crippen molar-refractivity contribution in [3.63, 3.8) is 0 Å². The van der Waals surface area contributed by atoms with E-state index in [1.54, 1.807) is 0 Å². The molecule has 1 saturated heterocycles. The summed E-state index contributed by atoms with van der Waals surface area (Å²) in [5, 5.41) is 8.93. The monoisotopic (exact) mass is 233 g/mol.